The lowest BCUT2D eigenvalue weighted by Crippen LogP contribution is -2.60. The molecule has 0 saturated carbocycles. The highest BCUT2D eigenvalue weighted by Gasteiger charge is 2.32. The van der Waals surface area contributed by atoms with Gasteiger partial charge in [-0.3, -0.25) is 4.90 Å². The fourth-order valence-corrected chi connectivity index (χ4v) is 2.71. The Morgan fingerprint density at radius 2 is 1.88 bits per heavy atom. The third-order valence-corrected chi connectivity index (χ3v) is 4.35. The average Bonchev–Trinajstić information content (AvgIpc) is 2.26. The van der Waals surface area contributed by atoms with Crippen molar-refractivity contribution in [2.45, 2.75) is 66.1 Å². The highest BCUT2D eigenvalue weighted by molar-refractivity contribution is 4.89. The first-order chi connectivity index (χ1) is 7.47. The molecule has 1 aliphatic heterocycles. The van der Waals surface area contributed by atoms with E-state index < -0.39 is 0 Å². The predicted molar refractivity (Wildman–Crippen MR) is 71.7 cm³/mol. The molecule has 2 heteroatoms. The first-order valence-electron chi connectivity index (χ1n) is 6.96. The van der Waals surface area contributed by atoms with E-state index in [9.17, 15) is 0 Å². The number of nitrogens with zero attached hydrogens (tertiary/aromatic N) is 1. The molecule has 0 aromatic heterocycles. The molecule has 0 aromatic rings. The smallest absolute Gasteiger partial charge is 0.0247 e. The third-order valence-electron chi connectivity index (χ3n) is 4.35. The van der Waals surface area contributed by atoms with Gasteiger partial charge in [0.05, 0.1) is 0 Å². The molecule has 0 amide bonds. The Hall–Kier alpha value is -0.0800. The van der Waals surface area contributed by atoms with Crippen LogP contribution in [0.1, 0.15) is 48.0 Å². The van der Waals surface area contributed by atoms with Crippen LogP contribution in [0.2, 0.25) is 0 Å². The molecule has 1 aliphatic rings. The molecular weight excluding hydrogens is 196 g/mol. The second-order valence-corrected chi connectivity index (χ2v) is 5.94. The Morgan fingerprint density at radius 1 is 1.25 bits per heavy atom. The van der Waals surface area contributed by atoms with Crippen LogP contribution in [0.3, 0.4) is 0 Å². The molecule has 1 saturated heterocycles. The minimum atomic E-state index is 0.640. The summed E-state index contributed by atoms with van der Waals surface area (Å²) in [6, 6.07) is 2.06. The van der Waals surface area contributed by atoms with Crippen LogP contribution in [-0.2, 0) is 0 Å². The van der Waals surface area contributed by atoms with Crippen molar-refractivity contribution in [1.82, 2.24) is 10.2 Å². The standard InChI is InChI=1S/C14H30N2/c1-7-11(4)13(6)16-9-12(5)15-8-14(16)10(2)3/h10-15H,7-9H2,1-6H3. The normalized spacial score (nSPS) is 31.7. The van der Waals surface area contributed by atoms with E-state index in [-0.39, 0.29) is 0 Å². The van der Waals surface area contributed by atoms with Crippen LogP contribution in [0.5, 0.6) is 0 Å². The van der Waals surface area contributed by atoms with Crippen LogP contribution in [-0.4, -0.2) is 36.1 Å². The Kier molecular flexibility index (Phi) is 5.26. The topological polar surface area (TPSA) is 15.3 Å². The number of rotatable bonds is 4. The van der Waals surface area contributed by atoms with E-state index in [4.69, 9.17) is 0 Å². The van der Waals surface area contributed by atoms with Gasteiger partial charge < -0.3 is 5.32 Å². The van der Waals surface area contributed by atoms with Crippen LogP contribution in [0.25, 0.3) is 0 Å². The summed E-state index contributed by atoms with van der Waals surface area (Å²) in [5.74, 6) is 1.54. The van der Waals surface area contributed by atoms with Gasteiger partial charge >= 0.3 is 0 Å². The molecule has 0 aromatic carbocycles. The minimum Gasteiger partial charge on any atom is -0.311 e. The second-order valence-electron chi connectivity index (χ2n) is 5.94. The molecule has 4 atom stereocenters. The summed E-state index contributed by atoms with van der Waals surface area (Å²) >= 11 is 0. The van der Waals surface area contributed by atoms with E-state index in [2.05, 4.69) is 51.8 Å². The van der Waals surface area contributed by atoms with Crippen molar-refractivity contribution in [2.75, 3.05) is 13.1 Å². The molecule has 96 valence electrons. The maximum absolute atomic E-state index is 3.61. The van der Waals surface area contributed by atoms with Crippen molar-refractivity contribution in [1.29, 1.82) is 0 Å². The molecule has 1 rings (SSSR count). The summed E-state index contributed by atoms with van der Waals surface area (Å²) < 4.78 is 0. The van der Waals surface area contributed by atoms with Crippen molar-refractivity contribution in [3.05, 3.63) is 0 Å². The van der Waals surface area contributed by atoms with E-state index in [0.29, 0.717) is 18.1 Å². The lowest BCUT2D eigenvalue weighted by atomic mass is 9.92. The Bertz CT molecular complexity index is 203. The second kappa shape index (κ2) is 6.02. The SMILES string of the molecule is CCC(C)C(C)N1CC(C)NCC1C(C)C. The van der Waals surface area contributed by atoms with Gasteiger partial charge in [-0.25, -0.2) is 0 Å². The van der Waals surface area contributed by atoms with E-state index in [0.717, 1.165) is 18.4 Å². The summed E-state index contributed by atoms with van der Waals surface area (Å²) in [4.78, 5) is 2.74. The molecule has 0 spiro atoms. The zero-order valence-electron chi connectivity index (χ0n) is 12.0. The first-order valence-corrected chi connectivity index (χ1v) is 6.96. The summed E-state index contributed by atoms with van der Waals surface area (Å²) in [6.45, 7) is 16.4. The van der Waals surface area contributed by atoms with E-state index in [1.165, 1.54) is 13.0 Å². The van der Waals surface area contributed by atoms with Gasteiger partial charge in [0.1, 0.15) is 0 Å². The van der Waals surface area contributed by atoms with Gasteiger partial charge in [0.2, 0.25) is 0 Å². The molecule has 1 heterocycles. The fraction of sp³-hybridized carbons (Fsp3) is 1.00. The van der Waals surface area contributed by atoms with Gasteiger partial charge in [-0.15, -0.1) is 0 Å². The van der Waals surface area contributed by atoms with Gasteiger partial charge in [-0.05, 0) is 25.7 Å². The largest absolute Gasteiger partial charge is 0.311 e. The van der Waals surface area contributed by atoms with Crippen molar-refractivity contribution in [3.63, 3.8) is 0 Å². The van der Waals surface area contributed by atoms with E-state index in [1.807, 2.05) is 0 Å². The summed E-state index contributed by atoms with van der Waals surface area (Å²) in [5.41, 5.74) is 0. The monoisotopic (exact) mass is 226 g/mol. The first kappa shape index (κ1) is 14.0. The molecule has 16 heavy (non-hydrogen) atoms. The van der Waals surface area contributed by atoms with Crippen molar-refractivity contribution in [2.24, 2.45) is 11.8 Å². The zero-order chi connectivity index (χ0) is 12.3. The Balaban J connectivity index is 2.70. The zero-order valence-corrected chi connectivity index (χ0v) is 12.0. The lowest BCUT2D eigenvalue weighted by Gasteiger charge is -2.46. The van der Waals surface area contributed by atoms with Crippen LogP contribution < -0.4 is 5.32 Å². The van der Waals surface area contributed by atoms with Gasteiger partial charge in [0, 0.05) is 31.2 Å². The van der Waals surface area contributed by atoms with Crippen LogP contribution in [0, 0.1) is 11.8 Å². The number of hydrogen-bond donors (Lipinski definition) is 1. The van der Waals surface area contributed by atoms with Gasteiger partial charge in [-0.2, -0.15) is 0 Å². The number of nitrogens with one attached hydrogen (secondary N) is 1. The summed E-state index contributed by atoms with van der Waals surface area (Å²) in [5, 5.41) is 3.61. The van der Waals surface area contributed by atoms with Crippen molar-refractivity contribution in [3.8, 4) is 0 Å². The predicted octanol–water partition coefficient (Wildman–Crippen LogP) is 2.74. The Morgan fingerprint density at radius 3 is 2.38 bits per heavy atom. The molecule has 1 N–H and O–H groups in total. The number of hydrogen-bond acceptors (Lipinski definition) is 2. The quantitative estimate of drug-likeness (QED) is 0.793. The fourth-order valence-electron chi connectivity index (χ4n) is 2.71. The molecule has 0 aliphatic carbocycles. The minimum absolute atomic E-state index is 0.640. The maximum Gasteiger partial charge on any atom is 0.0247 e. The Labute approximate surface area is 102 Å². The number of piperazine rings is 1. The third kappa shape index (κ3) is 3.21. The molecule has 0 bridgehead atoms. The molecular formula is C14H30N2. The lowest BCUT2D eigenvalue weighted by molar-refractivity contribution is 0.0430. The average molecular weight is 226 g/mol. The van der Waals surface area contributed by atoms with Crippen LogP contribution in [0.4, 0.5) is 0 Å². The molecule has 1 fully saturated rings. The summed E-state index contributed by atoms with van der Waals surface area (Å²) in [7, 11) is 0. The van der Waals surface area contributed by atoms with Gasteiger partial charge in [0.15, 0.2) is 0 Å². The molecule has 2 nitrogen and oxygen atoms in total. The summed E-state index contributed by atoms with van der Waals surface area (Å²) in [6.07, 6.45) is 1.28. The van der Waals surface area contributed by atoms with Crippen LogP contribution >= 0.6 is 0 Å². The highest BCUT2D eigenvalue weighted by Crippen LogP contribution is 2.23. The van der Waals surface area contributed by atoms with Crippen molar-refractivity contribution < 1.29 is 0 Å². The van der Waals surface area contributed by atoms with Gasteiger partial charge in [-0.1, -0.05) is 34.1 Å². The highest BCUT2D eigenvalue weighted by atomic mass is 15.3. The van der Waals surface area contributed by atoms with Gasteiger partial charge in [0.25, 0.3) is 0 Å². The molecule has 0 radical (unpaired) electrons. The van der Waals surface area contributed by atoms with Crippen molar-refractivity contribution >= 4 is 0 Å². The van der Waals surface area contributed by atoms with E-state index in [1.54, 1.807) is 0 Å². The molecule has 4 unspecified atom stereocenters. The maximum atomic E-state index is 3.61. The van der Waals surface area contributed by atoms with E-state index >= 15 is 0 Å². The van der Waals surface area contributed by atoms with Crippen LogP contribution in [0.15, 0.2) is 0 Å².